The van der Waals surface area contributed by atoms with Gasteiger partial charge in [-0.25, -0.2) is 0 Å². The Balaban J connectivity index is 1.84. The molecule has 2 N–H and O–H groups in total. The van der Waals surface area contributed by atoms with Gasteiger partial charge in [0.25, 0.3) is 0 Å². The molecule has 3 heteroatoms. The van der Waals surface area contributed by atoms with Crippen molar-refractivity contribution in [3.63, 3.8) is 0 Å². The minimum atomic E-state index is 0.0671. The lowest BCUT2D eigenvalue weighted by atomic mass is 10.0. The van der Waals surface area contributed by atoms with Crippen LogP contribution in [0.3, 0.4) is 0 Å². The van der Waals surface area contributed by atoms with E-state index in [1.165, 1.54) is 21.2 Å². The Bertz CT molecular complexity index is 705. The summed E-state index contributed by atoms with van der Waals surface area (Å²) < 4.78 is 1.14. The van der Waals surface area contributed by atoms with Gasteiger partial charge in [0.05, 0.1) is 3.79 Å². The average molecular weight is 332 g/mol. The molecule has 0 aliphatic heterocycles. The third-order valence-electron chi connectivity index (χ3n) is 3.23. The molecule has 0 fully saturated rings. The molecule has 0 aliphatic carbocycles. The number of hydrogen-bond donors (Lipinski definition) is 1. The van der Waals surface area contributed by atoms with E-state index >= 15 is 0 Å². The monoisotopic (exact) mass is 331 g/mol. The fourth-order valence-corrected chi connectivity index (χ4v) is 3.67. The Kier molecular flexibility index (Phi) is 3.69. The zero-order valence-corrected chi connectivity index (χ0v) is 12.7. The second kappa shape index (κ2) is 5.45. The van der Waals surface area contributed by atoms with E-state index < -0.39 is 0 Å². The molecule has 1 aromatic heterocycles. The molecule has 0 saturated heterocycles. The standard InChI is InChI=1S/C16H14BrNS/c17-16-8-7-15(19-16)14(18)10-11-5-6-12-3-1-2-4-13(12)9-11/h1-9,14H,10,18H2. The molecule has 3 aromatic rings. The van der Waals surface area contributed by atoms with Gasteiger partial charge in [0.1, 0.15) is 0 Å². The molecule has 1 atom stereocenters. The predicted molar refractivity (Wildman–Crippen MR) is 86.6 cm³/mol. The minimum Gasteiger partial charge on any atom is -0.323 e. The fraction of sp³-hybridized carbons (Fsp3) is 0.125. The van der Waals surface area contributed by atoms with Crippen LogP contribution < -0.4 is 5.73 Å². The van der Waals surface area contributed by atoms with Gasteiger partial charge in [0, 0.05) is 10.9 Å². The van der Waals surface area contributed by atoms with Crippen LogP contribution in [0.2, 0.25) is 0 Å². The van der Waals surface area contributed by atoms with Crippen molar-refractivity contribution in [1.29, 1.82) is 0 Å². The highest BCUT2D eigenvalue weighted by molar-refractivity contribution is 9.11. The molecule has 0 spiro atoms. The van der Waals surface area contributed by atoms with E-state index in [-0.39, 0.29) is 6.04 Å². The van der Waals surface area contributed by atoms with Gasteiger partial charge in [-0.2, -0.15) is 0 Å². The summed E-state index contributed by atoms with van der Waals surface area (Å²) in [4.78, 5) is 1.22. The third kappa shape index (κ3) is 2.89. The van der Waals surface area contributed by atoms with Crippen molar-refractivity contribution in [2.75, 3.05) is 0 Å². The van der Waals surface area contributed by atoms with Gasteiger partial charge in [0.15, 0.2) is 0 Å². The molecule has 0 bridgehead atoms. The first-order valence-electron chi connectivity index (χ1n) is 6.21. The second-order valence-corrected chi connectivity index (χ2v) is 7.13. The van der Waals surface area contributed by atoms with Crippen molar-refractivity contribution in [3.05, 3.63) is 68.8 Å². The summed E-state index contributed by atoms with van der Waals surface area (Å²) in [6.45, 7) is 0. The van der Waals surface area contributed by atoms with Crippen LogP contribution in [0.1, 0.15) is 16.5 Å². The van der Waals surface area contributed by atoms with Gasteiger partial charge < -0.3 is 5.73 Å². The zero-order valence-electron chi connectivity index (χ0n) is 10.3. The van der Waals surface area contributed by atoms with Crippen LogP contribution >= 0.6 is 27.3 Å². The summed E-state index contributed by atoms with van der Waals surface area (Å²) in [7, 11) is 0. The summed E-state index contributed by atoms with van der Waals surface area (Å²) in [6, 6.07) is 19.2. The van der Waals surface area contributed by atoms with Gasteiger partial charge in [0.2, 0.25) is 0 Å². The molecule has 2 aromatic carbocycles. The molecule has 0 amide bonds. The first kappa shape index (κ1) is 12.9. The fourth-order valence-electron chi connectivity index (χ4n) is 2.25. The molecule has 96 valence electrons. The van der Waals surface area contributed by atoms with Gasteiger partial charge >= 0.3 is 0 Å². The SMILES string of the molecule is NC(Cc1ccc2ccccc2c1)c1ccc(Br)s1. The Morgan fingerprint density at radius 2 is 1.79 bits per heavy atom. The molecule has 3 rings (SSSR count). The summed E-state index contributed by atoms with van der Waals surface area (Å²) in [5.41, 5.74) is 7.56. The largest absolute Gasteiger partial charge is 0.323 e. The van der Waals surface area contributed by atoms with Crippen LogP contribution in [0, 0.1) is 0 Å². The van der Waals surface area contributed by atoms with Gasteiger partial charge in [-0.1, -0.05) is 42.5 Å². The average Bonchev–Trinajstić information content (AvgIpc) is 2.85. The first-order valence-corrected chi connectivity index (χ1v) is 7.82. The molecular weight excluding hydrogens is 318 g/mol. The molecule has 0 aliphatic rings. The smallest absolute Gasteiger partial charge is 0.0701 e. The molecule has 1 unspecified atom stereocenters. The Labute approximate surface area is 125 Å². The van der Waals surface area contributed by atoms with Crippen LogP contribution in [0.4, 0.5) is 0 Å². The van der Waals surface area contributed by atoms with E-state index in [2.05, 4.69) is 70.5 Å². The lowest BCUT2D eigenvalue weighted by Crippen LogP contribution is -2.11. The second-order valence-electron chi connectivity index (χ2n) is 4.63. The topological polar surface area (TPSA) is 26.0 Å². The van der Waals surface area contributed by atoms with E-state index in [1.807, 2.05) is 0 Å². The number of hydrogen-bond acceptors (Lipinski definition) is 2. The summed E-state index contributed by atoms with van der Waals surface area (Å²) in [6.07, 6.45) is 0.873. The van der Waals surface area contributed by atoms with Crippen LogP contribution in [0.5, 0.6) is 0 Å². The van der Waals surface area contributed by atoms with Crippen molar-refractivity contribution < 1.29 is 0 Å². The highest BCUT2D eigenvalue weighted by Gasteiger charge is 2.09. The number of rotatable bonds is 3. The van der Waals surface area contributed by atoms with Gasteiger partial charge in [-0.3, -0.25) is 0 Å². The molecule has 1 nitrogen and oxygen atoms in total. The molecule has 0 radical (unpaired) electrons. The number of fused-ring (bicyclic) bond motifs is 1. The van der Waals surface area contributed by atoms with Crippen molar-refractivity contribution in [3.8, 4) is 0 Å². The predicted octanol–water partition coefficient (Wildman–Crippen LogP) is 4.91. The van der Waals surface area contributed by atoms with Gasteiger partial charge in [-0.05, 0) is 50.8 Å². The first-order chi connectivity index (χ1) is 9.22. The number of nitrogens with two attached hydrogens (primary N) is 1. The highest BCUT2D eigenvalue weighted by atomic mass is 79.9. The number of thiophene rings is 1. The highest BCUT2D eigenvalue weighted by Crippen LogP contribution is 2.28. The molecule has 19 heavy (non-hydrogen) atoms. The molecular formula is C16H14BrNS. The third-order valence-corrected chi connectivity index (χ3v) is 4.98. The van der Waals surface area contributed by atoms with Crippen molar-refractivity contribution in [2.24, 2.45) is 5.73 Å². The number of benzene rings is 2. The Morgan fingerprint density at radius 3 is 2.53 bits per heavy atom. The minimum absolute atomic E-state index is 0.0671. The lowest BCUT2D eigenvalue weighted by Gasteiger charge is -2.10. The zero-order chi connectivity index (χ0) is 13.2. The Morgan fingerprint density at radius 1 is 1.00 bits per heavy atom. The maximum Gasteiger partial charge on any atom is 0.0701 e. The van der Waals surface area contributed by atoms with Crippen molar-refractivity contribution in [1.82, 2.24) is 0 Å². The Hall–Kier alpha value is -1.16. The van der Waals surface area contributed by atoms with E-state index in [0.29, 0.717) is 0 Å². The maximum atomic E-state index is 6.27. The maximum absolute atomic E-state index is 6.27. The van der Waals surface area contributed by atoms with E-state index in [9.17, 15) is 0 Å². The van der Waals surface area contributed by atoms with E-state index in [4.69, 9.17) is 5.73 Å². The molecule has 1 heterocycles. The van der Waals surface area contributed by atoms with E-state index in [1.54, 1.807) is 11.3 Å². The van der Waals surface area contributed by atoms with Gasteiger partial charge in [-0.15, -0.1) is 11.3 Å². The summed E-state index contributed by atoms with van der Waals surface area (Å²) >= 11 is 5.19. The van der Waals surface area contributed by atoms with Crippen LogP contribution in [-0.2, 0) is 6.42 Å². The van der Waals surface area contributed by atoms with Crippen LogP contribution in [-0.4, -0.2) is 0 Å². The summed E-state index contributed by atoms with van der Waals surface area (Å²) in [5, 5.41) is 2.55. The quantitative estimate of drug-likeness (QED) is 0.725. The van der Waals surface area contributed by atoms with Crippen molar-refractivity contribution >= 4 is 38.0 Å². The van der Waals surface area contributed by atoms with Crippen LogP contribution in [0.15, 0.2) is 58.4 Å². The van der Waals surface area contributed by atoms with Crippen molar-refractivity contribution in [2.45, 2.75) is 12.5 Å². The lowest BCUT2D eigenvalue weighted by molar-refractivity contribution is 0.737. The number of halogens is 1. The van der Waals surface area contributed by atoms with Crippen LogP contribution in [0.25, 0.3) is 10.8 Å². The normalized spacial score (nSPS) is 12.7. The van der Waals surface area contributed by atoms with E-state index in [0.717, 1.165) is 10.2 Å². The summed E-state index contributed by atoms with van der Waals surface area (Å²) in [5.74, 6) is 0. The molecule has 0 saturated carbocycles.